The molecule has 2 aliphatic heterocycles. The van der Waals surface area contributed by atoms with Crippen molar-refractivity contribution >= 4 is 11.8 Å². The second-order valence-corrected chi connectivity index (χ2v) is 9.10. The zero-order valence-electron chi connectivity index (χ0n) is 17.2. The monoisotopic (exact) mass is 375 g/mol. The van der Waals surface area contributed by atoms with Crippen molar-refractivity contribution in [2.45, 2.75) is 65.7 Å². The van der Waals surface area contributed by atoms with Crippen LogP contribution in [0.15, 0.2) is 10.6 Å². The number of rotatable bonds is 5. The molecule has 2 saturated heterocycles. The first-order valence-electron chi connectivity index (χ1n) is 10.3. The van der Waals surface area contributed by atoms with E-state index in [1.807, 2.05) is 23.6 Å². The fourth-order valence-corrected chi connectivity index (χ4v) is 4.25. The van der Waals surface area contributed by atoms with Gasteiger partial charge in [-0.3, -0.25) is 9.59 Å². The minimum absolute atomic E-state index is 0.0275. The summed E-state index contributed by atoms with van der Waals surface area (Å²) >= 11 is 0. The molecule has 0 saturated carbocycles. The highest BCUT2D eigenvalue weighted by Crippen LogP contribution is 2.39. The third-order valence-electron chi connectivity index (χ3n) is 6.00. The summed E-state index contributed by atoms with van der Waals surface area (Å²) in [5.41, 5.74) is 0.841. The number of piperidine rings is 2. The molecule has 3 heterocycles. The molecule has 0 aromatic carbocycles. The lowest BCUT2D eigenvalue weighted by molar-refractivity contribution is -0.139. The van der Waals surface area contributed by atoms with Gasteiger partial charge in [0.1, 0.15) is 0 Å². The summed E-state index contributed by atoms with van der Waals surface area (Å²) in [6.07, 6.45) is 4.56. The maximum atomic E-state index is 12.9. The summed E-state index contributed by atoms with van der Waals surface area (Å²) in [5.74, 6) is 1.35. The second kappa shape index (κ2) is 8.03. The lowest BCUT2D eigenvalue weighted by atomic mass is 9.73. The first kappa shape index (κ1) is 19.9. The SMILES string of the molecule is CC(C)CCN1C[C@]2(CCCN(C(=O)c3cc(C(C)C)no3)C2)CCC1=O. The van der Waals surface area contributed by atoms with E-state index in [1.54, 1.807) is 6.07 Å². The van der Waals surface area contributed by atoms with Gasteiger partial charge in [-0.05, 0) is 37.5 Å². The van der Waals surface area contributed by atoms with Crippen LogP contribution in [0.25, 0.3) is 0 Å². The Morgan fingerprint density at radius 2 is 2.04 bits per heavy atom. The van der Waals surface area contributed by atoms with Crippen molar-refractivity contribution in [2.24, 2.45) is 11.3 Å². The van der Waals surface area contributed by atoms with Gasteiger partial charge >= 0.3 is 0 Å². The van der Waals surface area contributed by atoms with E-state index in [0.29, 0.717) is 24.6 Å². The van der Waals surface area contributed by atoms with E-state index in [2.05, 4.69) is 19.0 Å². The maximum Gasteiger partial charge on any atom is 0.292 e. The molecular weight excluding hydrogens is 342 g/mol. The standard InChI is InChI=1S/C21H33N3O3/c1-15(2)7-11-23-13-21(9-6-19(23)25)8-5-10-24(14-21)20(26)18-12-17(16(3)4)22-27-18/h12,15-16H,5-11,13-14H2,1-4H3/t21-/m0/s1. The highest BCUT2D eigenvalue weighted by atomic mass is 16.5. The summed E-state index contributed by atoms with van der Waals surface area (Å²) in [6, 6.07) is 1.77. The van der Waals surface area contributed by atoms with Crippen molar-refractivity contribution in [2.75, 3.05) is 26.2 Å². The van der Waals surface area contributed by atoms with E-state index in [4.69, 9.17) is 4.52 Å². The topological polar surface area (TPSA) is 66.7 Å². The van der Waals surface area contributed by atoms with E-state index in [0.717, 1.165) is 51.0 Å². The minimum atomic E-state index is -0.0703. The predicted molar refractivity (Wildman–Crippen MR) is 103 cm³/mol. The molecule has 150 valence electrons. The van der Waals surface area contributed by atoms with Crippen LogP contribution in [0.4, 0.5) is 0 Å². The van der Waals surface area contributed by atoms with Gasteiger partial charge in [-0.15, -0.1) is 0 Å². The van der Waals surface area contributed by atoms with Crippen LogP contribution >= 0.6 is 0 Å². The van der Waals surface area contributed by atoms with E-state index in [9.17, 15) is 9.59 Å². The summed E-state index contributed by atoms with van der Waals surface area (Å²) < 4.78 is 5.31. The molecule has 3 rings (SSSR count). The van der Waals surface area contributed by atoms with Crippen molar-refractivity contribution in [3.05, 3.63) is 17.5 Å². The number of hydrogen-bond acceptors (Lipinski definition) is 4. The van der Waals surface area contributed by atoms with Crippen LogP contribution in [0.5, 0.6) is 0 Å². The van der Waals surface area contributed by atoms with Gasteiger partial charge in [0.2, 0.25) is 11.7 Å². The van der Waals surface area contributed by atoms with Crippen LogP contribution in [0.3, 0.4) is 0 Å². The Kier molecular flexibility index (Phi) is 5.92. The fraction of sp³-hybridized carbons (Fsp3) is 0.762. The predicted octanol–water partition coefficient (Wildman–Crippen LogP) is 3.69. The van der Waals surface area contributed by atoms with E-state index in [1.165, 1.54) is 0 Å². The van der Waals surface area contributed by atoms with Gasteiger partial charge < -0.3 is 14.3 Å². The van der Waals surface area contributed by atoms with Gasteiger partial charge in [0.15, 0.2) is 0 Å². The normalized spacial score (nSPS) is 23.7. The molecule has 2 amide bonds. The molecule has 0 radical (unpaired) electrons. The van der Waals surface area contributed by atoms with Crippen molar-refractivity contribution in [1.29, 1.82) is 0 Å². The van der Waals surface area contributed by atoms with Gasteiger partial charge in [0, 0.05) is 44.1 Å². The summed E-state index contributed by atoms with van der Waals surface area (Å²) in [7, 11) is 0. The third kappa shape index (κ3) is 4.53. The molecule has 1 atom stereocenters. The fourth-order valence-electron chi connectivity index (χ4n) is 4.25. The molecule has 0 bridgehead atoms. The van der Waals surface area contributed by atoms with Crippen molar-refractivity contribution in [1.82, 2.24) is 15.0 Å². The smallest absolute Gasteiger partial charge is 0.292 e. The molecule has 2 aliphatic rings. The summed E-state index contributed by atoms with van der Waals surface area (Å²) in [5, 5.41) is 4.02. The Bertz CT molecular complexity index is 682. The molecular formula is C21H33N3O3. The van der Waals surface area contributed by atoms with Gasteiger partial charge in [-0.2, -0.15) is 0 Å². The summed E-state index contributed by atoms with van der Waals surface area (Å²) in [4.78, 5) is 29.2. The number of amides is 2. The number of aromatic nitrogens is 1. The Hall–Kier alpha value is -1.85. The van der Waals surface area contributed by atoms with Gasteiger partial charge in [0.25, 0.3) is 5.91 Å². The van der Waals surface area contributed by atoms with Crippen molar-refractivity contribution in [3.63, 3.8) is 0 Å². The van der Waals surface area contributed by atoms with E-state index in [-0.39, 0.29) is 23.1 Å². The zero-order valence-corrected chi connectivity index (χ0v) is 17.2. The Morgan fingerprint density at radius 1 is 1.26 bits per heavy atom. The lowest BCUT2D eigenvalue weighted by Crippen LogP contribution is -2.55. The minimum Gasteiger partial charge on any atom is -0.351 e. The van der Waals surface area contributed by atoms with Crippen molar-refractivity contribution < 1.29 is 14.1 Å². The van der Waals surface area contributed by atoms with Crippen LogP contribution < -0.4 is 0 Å². The molecule has 1 spiro atoms. The molecule has 1 aromatic rings. The molecule has 0 N–H and O–H groups in total. The molecule has 0 unspecified atom stereocenters. The molecule has 6 nitrogen and oxygen atoms in total. The van der Waals surface area contributed by atoms with E-state index >= 15 is 0 Å². The molecule has 1 aromatic heterocycles. The molecule has 27 heavy (non-hydrogen) atoms. The number of carbonyl (C=O) groups excluding carboxylic acids is 2. The quantitative estimate of drug-likeness (QED) is 0.787. The first-order chi connectivity index (χ1) is 12.8. The first-order valence-corrected chi connectivity index (χ1v) is 10.3. The number of nitrogens with zero attached hydrogens (tertiary/aromatic N) is 3. The van der Waals surface area contributed by atoms with Crippen LogP contribution in [0, 0.1) is 11.3 Å². The summed E-state index contributed by atoms with van der Waals surface area (Å²) in [6.45, 7) is 11.5. The van der Waals surface area contributed by atoms with Crippen LogP contribution in [0.2, 0.25) is 0 Å². The van der Waals surface area contributed by atoms with E-state index < -0.39 is 0 Å². The largest absolute Gasteiger partial charge is 0.351 e. The second-order valence-electron chi connectivity index (χ2n) is 9.10. The van der Waals surface area contributed by atoms with Crippen LogP contribution in [-0.2, 0) is 4.79 Å². The third-order valence-corrected chi connectivity index (χ3v) is 6.00. The van der Waals surface area contributed by atoms with Crippen LogP contribution in [-0.4, -0.2) is 52.9 Å². The number of carbonyl (C=O) groups is 2. The Balaban J connectivity index is 1.68. The van der Waals surface area contributed by atoms with Gasteiger partial charge in [-0.25, -0.2) is 0 Å². The van der Waals surface area contributed by atoms with Crippen LogP contribution in [0.1, 0.15) is 82.0 Å². The van der Waals surface area contributed by atoms with Gasteiger partial charge in [-0.1, -0.05) is 32.9 Å². The van der Waals surface area contributed by atoms with Gasteiger partial charge in [0.05, 0.1) is 5.69 Å². The highest BCUT2D eigenvalue weighted by molar-refractivity contribution is 5.91. The highest BCUT2D eigenvalue weighted by Gasteiger charge is 2.43. The van der Waals surface area contributed by atoms with Crippen molar-refractivity contribution in [3.8, 4) is 0 Å². The number of hydrogen-bond donors (Lipinski definition) is 0. The Labute approximate surface area is 162 Å². The average molecular weight is 376 g/mol. The average Bonchev–Trinajstić information content (AvgIpc) is 3.12. The molecule has 0 aliphatic carbocycles. The molecule has 6 heteroatoms. The lowest BCUT2D eigenvalue weighted by Gasteiger charge is -2.48. The molecule has 2 fully saturated rings. The Morgan fingerprint density at radius 3 is 2.70 bits per heavy atom. The number of likely N-dealkylation sites (tertiary alicyclic amines) is 2. The maximum absolute atomic E-state index is 12.9. The zero-order chi connectivity index (χ0) is 19.6.